The van der Waals surface area contributed by atoms with Gasteiger partial charge in [-0.15, -0.1) is 0 Å². The summed E-state index contributed by atoms with van der Waals surface area (Å²) in [4.78, 5) is 4.89. The van der Waals surface area contributed by atoms with Crippen LogP contribution < -0.4 is 9.80 Å². The molecule has 13 aromatic carbocycles. The number of fused-ring (bicyclic) bond motifs is 12. The van der Waals surface area contributed by atoms with Crippen LogP contribution in [0, 0.1) is 0 Å². The van der Waals surface area contributed by atoms with Gasteiger partial charge in [-0.3, -0.25) is 0 Å². The highest BCUT2D eigenvalue weighted by Crippen LogP contribution is 2.48. The maximum atomic E-state index is 2.46. The first-order valence-corrected chi connectivity index (χ1v) is 26.9. The molecule has 2 aromatic heterocycles. The molecule has 0 saturated carbocycles. The summed E-state index contributed by atoms with van der Waals surface area (Å²) in [6, 6.07) is 102. The predicted molar refractivity (Wildman–Crippen MR) is 335 cm³/mol. The van der Waals surface area contributed by atoms with Gasteiger partial charge in [-0.2, -0.15) is 0 Å². The standard InChI is InChI=1S/C70H46N4.C4H8/c1-2-20-50(21-3-1)71(51-36-40-53(41-37-51)73-64-30-14-10-22-56(64)57-23-11-15-31-65(57)73)68-45-49-46-69(61-27-7-9-29-63(61)70(49)62-28-8-6-26-60(62)68)72(55-35-34-47-18-4-5-19-48(47)44-55)52-38-42-54(43-39-52)74-66-32-16-12-24-58(66)59-25-13-17-33-67(59)74;1-3-4-2/h1-46H;3-4H,1-2H3/b;4-3-. The number of allylic oxidation sites excluding steroid dienone is 2. The van der Waals surface area contributed by atoms with Crippen molar-refractivity contribution in [1.82, 2.24) is 9.13 Å². The zero-order chi connectivity index (χ0) is 52.1. The van der Waals surface area contributed by atoms with Crippen molar-refractivity contribution in [2.75, 3.05) is 9.80 Å². The number of benzene rings is 13. The minimum atomic E-state index is 1.07. The maximum Gasteiger partial charge on any atom is 0.0546 e. The van der Waals surface area contributed by atoms with Gasteiger partial charge in [-0.25, -0.2) is 0 Å². The van der Waals surface area contributed by atoms with Crippen molar-refractivity contribution >= 4 is 121 Å². The Bertz CT molecular complexity index is 4640. The van der Waals surface area contributed by atoms with Gasteiger partial charge in [0.05, 0.1) is 33.4 Å². The Hall–Kier alpha value is -10.2. The van der Waals surface area contributed by atoms with E-state index in [1.165, 1.54) is 81.3 Å². The largest absolute Gasteiger partial charge is 0.310 e. The predicted octanol–water partition coefficient (Wildman–Crippen LogP) is 21.0. The van der Waals surface area contributed by atoms with Crippen LogP contribution in [0.2, 0.25) is 0 Å². The van der Waals surface area contributed by atoms with Crippen LogP contribution in [0.1, 0.15) is 13.8 Å². The first-order valence-electron chi connectivity index (χ1n) is 26.9. The number of hydrogen-bond acceptors (Lipinski definition) is 2. The maximum absolute atomic E-state index is 2.46. The highest BCUT2D eigenvalue weighted by Gasteiger charge is 2.23. The van der Waals surface area contributed by atoms with Gasteiger partial charge < -0.3 is 18.9 Å². The Morgan fingerprint density at radius 3 is 1.03 bits per heavy atom. The van der Waals surface area contributed by atoms with Crippen LogP contribution in [-0.4, -0.2) is 9.13 Å². The topological polar surface area (TPSA) is 16.3 Å². The first-order chi connectivity index (χ1) is 38.6. The summed E-state index contributed by atoms with van der Waals surface area (Å²) >= 11 is 0. The van der Waals surface area contributed by atoms with E-state index in [1.54, 1.807) is 0 Å². The number of anilines is 6. The number of rotatable bonds is 8. The van der Waals surface area contributed by atoms with Gasteiger partial charge >= 0.3 is 0 Å². The zero-order valence-corrected chi connectivity index (χ0v) is 43.5. The molecule has 0 fully saturated rings. The van der Waals surface area contributed by atoms with Crippen molar-refractivity contribution in [3.63, 3.8) is 0 Å². The molecular weight excluding hydrogens is 945 g/mol. The molecule has 4 nitrogen and oxygen atoms in total. The lowest BCUT2D eigenvalue weighted by Crippen LogP contribution is -2.12. The molecule has 0 spiro atoms. The number of aromatic nitrogens is 2. The normalized spacial score (nSPS) is 11.7. The summed E-state index contributed by atoms with van der Waals surface area (Å²) in [5.41, 5.74) is 13.6. The molecule has 0 N–H and O–H groups in total. The minimum Gasteiger partial charge on any atom is -0.310 e. The Morgan fingerprint density at radius 2 is 0.590 bits per heavy atom. The highest BCUT2D eigenvalue weighted by molar-refractivity contribution is 6.26. The second-order valence-corrected chi connectivity index (χ2v) is 20.0. The van der Waals surface area contributed by atoms with Crippen LogP contribution in [0.3, 0.4) is 0 Å². The Labute approximate surface area is 453 Å². The molecule has 2 heterocycles. The van der Waals surface area contributed by atoms with Gasteiger partial charge in [0.15, 0.2) is 0 Å². The molecule has 0 aliphatic heterocycles. The number of hydrogen-bond donors (Lipinski definition) is 0. The van der Waals surface area contributed by atoms with Crippen LogP contribution in [0.15, 0.2) is 291 Å². The highest BCUT2D eigenvalue weighted by atomic mass is 15.2. The first kappa shape index (κ1) is 46.4. The van der Waals surface area contributed by atoms with E-state index in [-0.39, 0.29) is 0 Å². The molecule has 78 heavy (non-hydrogen) atoms. The van der Waals surface area contributed by atoms with Crippen molar-refractivity contribution < 1.29 is 0 Å². The Kier molecular flexibility index (Phi) is 11.6. The van der Waals surface area contributed by atoms with Gasteiger partial charge in [0.2, 0.25) is 0 Å². The van der Waals surface area contributed by atoms with Crippen molar-refractivity contribution in [3.05, 3.63) is 291 Å². The van der Waals surface area contributed by atoms with Crippen LogP contribution in [0.25, 0.3) is 98.1 Å². The fourth-order valence-electron chi connectivity index (χ4n) is 12.0. The molecule has 0 bridgehead atoms. The third-order valence-corrected chi connectivity index (χ3v) is 15.5. The summed E-state index contributed by atoms with van der Waals surface area (Å²) in [6.45, 7) is 4.00. The lowest BCUT2D eigenvalue weighted by atomic mass is 9.93. The van der Waals surface area contributed by atoms with E-state index in [0.717, 1.165) is 50.9 Å². The molecule has 0 aliphatic rings. The van der Waals surface area contributed by atoms with Crippen molar-refractivity contribution in [1.29, 1.82) is 0 Å². The van der Waals surface area contributed by atoms with Gasteiger partial charge in [-0.05, 0) is 155 Å². The second-order valence-electron chi connectivity index (χ2n) is 20.0. The average molecular weight is 999 g/mol. The van der Waals surface area contributed by atoms with Crippen LogP contribution >= 0.6 is 0 Å². The number of nitrogens with zero attached hydrogens (tertiary/aromatic N) is 4. The van der Waals surface area contributed by atoms with Crippen LogP contribution in [0.5, 0.6) is 0 Å². The van der Waals surface area contributed by atoms with Gasteiger partial charge in [0, 0.05) is 66.4 Å². The quantitative estimate of drug-likeness (QED) is 0.111. The molecule has 4 heteroatoms. The van der Waals surface area contributed by atoms with Gasteiger partial charge in [-0.1, -0.05) is 182 Å². The summed E-state index contributed by atoms with van der Waals surface area (Å²) in [7, 11) is 0. The minimum absolute atomic E-state index is 1.07. The second kappa shape index (κ2) is 19.5. The molecule has 0 atom stereocenters. The summed E-state index contributed by atoms with van der Waals surface area (Å²) in [6.07, 6.45) is 4.00. The Balaban J connectivity index is 0.00000134. The fourth-order valence-corrected chi connectivity index (χ4v) is 12.0. The lowest BCUT2D eigenvalue weighted by Gasteiger charge is -2.30. The van der Waals surface area contributed by atoms with Gasteiger partial charge in [0.1, 0.15) is 0 Å². The number of para-hydroxylation sites is 5. The monoisotopic (exact) mass is 998 g/mol. The SMILES string of the molecule is C/C=C\C.c1ccc(N(c2ccc(-n3c4ccccc4c4ccccc43)cc2)c2cc3cc(N(c4ccc(-n5c6ccccc6c6ccccc65)cc4)c4ccc5ccccc5c4)c4ccccc4c3c3ccccc23)cc1. The molecular formula is C74H54N4. The molecule has 15 rings (SSSR count). The van der Waals surface area contributed by atoms with E-state index < -0.39 is 0 Å². The van der Waals surface area contributed by atoms with E-state index in [4.69, 9.17) is 0 Å². The summed E-state index contributed by atoms with van der Waals surface area (Å²) in [5, 5.41) is 14.6. The third kappa shape index (κ3) is 7.76. The molecule has 0 saturated heterocycles. The molecule has 0 radical (unpaired) electrons. The average Bonchev–Trinajstić information content (AvgIpc) is 4.15. The third-order valence-electron chi connectivity index (χ3n) is 15.5. The van der Waals surface area contributed by atoms with E-state index in [1.807, 2.05) is 26.0 Å². The van der Waals surface area contributed by atoms with E-state index in [9.17, 15) is 0 Å². The van der Waals surface area contributed by atoms with Crippen molar-refractivity contribution in [2.45, 2.75) is 13.8 Å². The van der Waals surface area contributed by atoms with Crippen molar-refractivity contribution in [3.8, 4) is 11.4 Å². The summed E-state index contributed by atoms with van der Waals surface area (Å²) < 4.78 is 4.78. The smallest absolute Gasteiger partial charge is 0.0546 e. The fraction of sp³-hybridized carbons (Fsp3) is 0.0270. The molecule has 0 amide bonds. The van der Waals surface area contributed by atoms with Gasteiger partial charge in [0.25, 0.3) is 0 Å². The molecule has 0 aliphatic carbocycles. The Morgan fingerprint density at radius 1 is 0.256 bits per heavy atom. The molecule has 0 unspecified atom stereocenters. The van der Waals surface area contributed by atoms with E-state index in [0.29, 0.717) is 0 Å². The van der Waals surface area contributed by atoms with Crippen molar-refractivity contribution in [2.24, 2.45) is 0 Å². The van der Waals surface area contributed by atoms with Crippen LogP contribution in [-0.2, 0) is 0 Å². The lowest BCUT2D eigenvalue weighted by molar-refractivity contribution is 1.17. The zero-order valence-electron chi connectivity index (χ0n) is 43.5. The van der Waals surface area contributed by atoms with E-state index >= 15 is 0 Å². The van der Waals surface area contributed by atoms with E-state index in [2.05, 4.69) is 298 Å². The molecule has 15 aromatic rings. The summed E-state index contributed by atoms with van der Waals surface area (Å²) in [5.74, 6) is 0. The molecule has 370 valence electrons. The van der Waals surface area contributed by atoms with Crippen LogP contribution in [0.4, 0.5) is 34.1 Å².